The predicted octanol–water partition coefficient (Wildman–Crippen LogP) is 3.95. The van der Waals surface area contributed by atoms with Crippen molar-refractivity contribution in [2.45, 2.75) is 26.8 Å². The van der Waals surface area contributed by atoms with Gasteiger partial charge in [-0.3, -0.25) is 14.3 Å². The van der Waals surface area contributed by atoms with Crippen molar-refractivity contribution in [2.75, 3.05) is 5.32 Å². The van der Waals surface area contributed by atoms with Gasteiger partial charge >= 0.3 is 0 Å². The van der Waals surface area contributed by atoms with Crippen molar-refractivity contribution in [2.24, 2.45) is 0 Å². The van der Waals surface area contributed by atoms with Crippen LogP contribution in [0.5, 0.6) is 0 Å². The molecule has 0 bridgehead atoms. The minimum Gasteiger partial charge on any atom is -0.322 e. The lowest BCUT2D eigenvalue weighted by molar-refractivity contribution is 0.101. The van der Waals surface area contributed by atoms with Gasteiger partial charge in [0, 0.05) is 11.3 Å². The molecule has 0 spiro atoms. The third-order valence-electron chi connectivity index (χ3n) is 4.25. The fourth-order valence-electron chi connectivity index (χ4n) is 2.85. The van der Waals surface area contributed by atoms with Gasteiger partial charge in [0.15, 0.2) is 5.78 Å². The Morgan fingerprint density at radius 3 is 2.35 bits per heavy atom. The van der Waals surface area contributed by atoms with Gasteiger partial charge in [0.25, 0.3) is 5.91 Å². The molecule has 2 aromatic carbocycles. The first-order chi connectivity index (χ1) is 12.6. The minimum atomic E-state index is -0.197. The van der Waals surface area contributed by atoms with Gasteiger partial charge in [-0.25, -0.2) is 0 Å². The van der Waals surface area contributed by atoms with E-state index in [-0.39, 0.29) is 11.7 Å². The highest BCUT2D eigenvalue weighted by Crippen LogP contribution is 2.16. The van der Waals surface area contributed by atoms with Crippen molar-refractivity contribution in [1.82, 2.24) is 9.78 Å². The van der Waals surface area contributed by atoms with Crippen LogP contribution >= 0.6 is 0 Å². The summed E-state index contributed by atoms with van der Waals surface area (Å²) in [6.45, 7) is 4.16. The molecule has 1 N–H and O–H groups in total. The van der Waals surface area contributed by atoms with E-state index in [4.69, 9.17) is 0 Å². The number of carbonyl (C=O) groups excluding carboxylic acids is 2. The first-order valence-corrected chi connectivity index (χ1v) is 8.59. The van der Waals surface area contributed by atoms with Crippen LogP contribution < -0.4 is 5.32 Å². The van der Waals surface area contributed by atoms with E-state index in [2.05, 4.69) is 10.4 Å². The topological polar surface area (TPSA) is 64.0 Å². The van der Waals surface area contributed by atoms with E-state index in [1.807, 2.05) is 41.9 Å². The average Bonchev–Trinajstić information content (AvgIpc) is 3.05. The summed E-state index contributed by atoms with van der Waals surface area (Å²) >= 11 is 0. The molecule has 3 aromatic rings. The summed E-state index contributed by atoms with van der Waals surface area (Å²) < 4.78 is 1.86. The van der Waals surface area contributed by atoms with E-state index in [0.717, 1.165) is 11.3 Å². The highest BCUT2D eigenvalue weighted by molar-refractivity contribution is 6.05. The summed E-state index contributed by atoms with van der Waals surface area (Å²) in [4.78, 5) is 24.0. The lowest BCUT2D eigenvalue weighted by Crippen LogP contribution is -2.15. The first kappa shape index (κ1) is 17.6. The maximum atomic E-state index is 12.6. The zero-order chi connectivity index (χ0) is 18.5. The van der Waals surface area contributed by atoms with Gasteiger partial charge in [-0.1, -0.05) is 37.3 Å². The van der Waals surface area contributed by atoms with Crippen molar-refractivity contribution in [3.63, 3.8) is 0 Å². The predicted molar refractivity (Wildman–Crippen MR) is 102 cm³/mol. The highest BCUT2D eigenvalue weighted by Gasteiger charge is 2.16. The molecule has 5 nitrogen and oxygen atoms in total. The zero-order valence-corrected chi connectivity index (χ0v) is 14.9. The summed E-state index contributed by atoms with van der Waals surface area (Å²) in [5.74, 6) is -0.199. The molecular weight excluding hydrogens is 326 g/mol. The molecule has 26 heavy (non-hydrogen) atoms. The number of aromatic nitrogens is 2. The van der Waals surface area contributed by atoms with Gasteiger partial charge in [0.1, 0.15) is 0 Å². The second-order valence-corrected chi connectivity index (χ2v) is 6.09. The number of anilines is 1. The third kappa shape index (κ3) is 3.88. The second-order valence-electron chi connectivity index (χ2n) is 6.09. The fourth-order valence-corrected chi connectivity index (χ4v) is 2.85. The second kappa shape index (κ2) is 7.78. The Balaban J connectivity index is 1.78. The number of nitrogens with zero attached hydrogens (tertiary/aromatic N) is 2. The molecule has 1 amide bonds. The maximum Gasteiger partial charge on any atom is 0.259 e. The van der Waals surface area contributed by atoms with Crippen LogP contribution in [0.1, 0.15) is 45.8 Å². The Morgan fingerprint density at radius 1 is 1.04 bits per heavy atom. The van der Waals surface area contributed by atoms with Gasteiger partial charge in [-0.05, 0) is 43.2 Å². The normalized spacial score (nSPS) is 10.5. The number of amides is 1. The average molecular weight is 347 g/mol. The Bertz CT molecular complexity index is 912. The summed E-state index contributed by atoms with van der Waals surface area (Å²) in [7, 11) is 0. The molecule has 5 heteroatoms. The Labute approximate surface area is 152 Å². The van der Waals surface area contributed by atoms with Crippen molar-refractivity contribution in [1.29, 1.82) is 0 Å². The molecule has 0 aliphatic rings. The fraction of sp³-hybridized carbons (Fsp3) is 0.190. The Morgan fingerprint density at radius 2 is 1.73 bits per heavy atom. The molecule has 0 saturated carbocycles. The molecule has 1 aromatic heterocycles. The number of carbonyl (C=O) groups is 2. The van der Waals surface area contributed by atoms with Crippen LogP contribution in [0.25, 0.3) is 0 Å². The maximum absolute atomic E-state index is 12.6. The number of Topliss-reactive ketones (excluding diaryl/α,β-unsaturated/α-hetero) is 1. The van der Waals surface area contributed by atoms with Crippen LogP contribution in [0.2, 0.25) is 0 Å². The minimum absolute atomic E-state index is 0.00154. The molecule has 132 valence electrons. The van der Waals surface area contributed by atoms with Gasteiger partial charge in [-0.15, -0.1) is 0 Å². The van der Waals surface area contributed by atoms with Crippen molar-refractivity contribution < 1.29 is 9.59 Å². The number of hydrogen-bond acceptors (Lipinski definition) is 3. The first-order valence-electron chi connectivity index (χ1n) is 8.59. The quantitative estimate of drug-likeness (QED) is 0.687. The number of nitrogens with one attached hydrogen (secondary N) is 1. The number of ketones is 1. The number of benzene rings is 2. The molecule has 0 fully saturated rings. The molecular formula is C21H21N3O2. The summed E-state index contributed by atoms with van der Waals surface area (Å²) in [5.41, 5.74) is 3.87. The molecule has 3 rings (SSSR count). The standard InChI is InChI=1S/C21H21N3O2/c1-3-20-19(13-22-24(20)14-16-7-5-4-6-8-16)21(26)23-18-11-9-17(10-12-18)15(2)25/h4-13H,3,14H2,1-2H3,(H,23,26). The molecule has 0 radical (unpaired) electrons. The number of rotatable bonds is 6. The lowest BCUT2D eigenvalue weighted by Gasteiger charge is -2.09. The van der Waals surface area contributed by atoms with Gasteiger partial charge in [-0.2, -0.15) is 5.10 Å². The zero-order valence-electron chi connectivity index (χ0n) is 14.9. The van der Waals surface area contributed by atoms with Crippen molar-refractivity contribution >= 4 is 17.4 Å². The smallest absolute Gasteiger partial charge is 0.259 e. The van der Waals surface area contributed by atoms with Crippen molar-refractivity contribution in [3.8, 4) is 0 Å². The number of hydrogen-bond donors (Lipinski definition) is 1. The van der Waals surface area contributed by atoms with Gasteiger partial charge in [0.2, 0.25) is 0 Å². The van der Waals surface area contributed by atoms with E-state index in [1.54, 1.807) is 30.5 Å². The summed E-state index contributed by atoms with van der Waals surface area (Å²) in [6, 6.07) is 16.9. The largest absolute Gasteiger partial charge is 0.322 e. The van der Waals surface area contributed by atoms with Crippen LogP contribution in [-0.4, -0.2) is 21.5 Å². The molecule has 1 heterocycles. The molecule has 0 atom stereocenters. The molecule has 0 unspecified atom stereocenters. The van der Waals surface area contributed by atoms with E-state index in [1.165, 1.54) is 6.92 Å². The van der Waals surface area contributed by atoms with Crippen LogP contribution in [0.15, 0.2) is 60.8 Å². The SMILES string of the molecule is CCc1c(C(=O)Nc2ccc(C(C)=O)cc2)cnn1Cc1ccccc1. The highest BCUT2D eigenvalue weighted by atomic mass is 16.1. The van der Waals surface area contributed by atoms with E-state index < -0.39 is 0 Å². The van der Waals surface area contributed by atoms with Crippen molar-refractivity contribution in [3.05, 3.63) is 83.2 Å². The van der Waals surface area contributed by atoms with Crippen LogP contribution in [0, 0.1) is 0 Å². The lowest BCUT2D eigenvalue weighted by atomic mass is 10.1. The van der Waals surface area contributed by atoms with Crippen LogP contribution in [0.3, 0.4) is 0 Å². The Kier molecular flexibility index (Phi) is 5.27. The Hall–Kier alpha value is -3.21. The monoisotopic (exact) mass is 347 g/mol. The van der Waals surface area contributed by atoms with Gasteiger partial charge < -0.3 is 5.32 Å². The molecule has 0 saturated heterocycles. The van der Waals surface area contributed by atoms with Gasteiger partial charge in [0.05, 0.1) is 24.0 Å². The van der Waals surface area contributed by atoms with E-state index in [0.29, 0.717) is 29.8 Å². The third-order valence-corrected chi connectivity index (χ3v) is 4.25. The van der Waals surface area contributed by atoms with Crippen LogP contribution in [0.4, 0.5) is 5.69 Å². The summed E-state index contributed by atoms with van der Waals surface area (Å²) in [6.07, 6.45) is 2.32. The molecule has 0 aliphatic carbocycles. The van der Waals surface area contributed by atoms with E-state index in [9.17, 15) is 9.59 Å². The molecule has 0 aliphatic heterocycles. The van der Waals surface area contributed by atoms with E-state index >= 15 is 0 Å². The van der Waals surface area contributed by atoms with Crippen LogP contribution in [-0.2, 0) is 13.0 Å². The summed E-state index contributed by atoms with van der Waals surface area (Å²) in [5, 5.41) is 7.27.